The Bertz CT molecular complexity index is 701. The van der Waals surface area contributed by atoms with E-state index in [1.165, 1.54) is 62.9 Å². The molecule has 1 spiro atoms. The number of nitrogens with zero attached hydrogens (tertiary/aromatic N) is 2. The summed E-state index contributed by atoms with van der Waals surface area (Å²) < 4.78 is 0. The number of amides is 1. The lowest BCUT2D eigenvalue weighted by Gasteiger charge is -2.58. The van der Waals surface area contributed by atoms with Crippen LogP contribution in [0.2, 0.25) is 0 Å². The van der Waals surface area contributed by atoms with Crippen LogP contribution in [0.3, 0.4) is 0 Å². The first kappa shape index (κ1) is 14.9. The first-order chi connectivity index (χ1) is 11.6. The van der Waals surface area contributed by atoms with Crippen LogP contribution in [0.4, 0.5) is 5.69 Å². The van der Waals surface area contributed by atoms with Crippen molar-refractivity contribution in [3.63, 3.8) is 0 Å². The molecule has 3 nitrogen and oxygen atoms in total. The third-order valence-electron chi connectivity index (χ3n) is 7.90. The molecule has 4 atom stereocenters. The minimum absolute atomic E-state index is 0.178. The molecule has 3 heterocycles. The van der Waals surface area contributed by atoms with E-state index >= 15 is 0 Å². The second-order valence-corrected chi connectivity index (χ2v) is 8.51. The number of rotatable bonds is 1. The zero-order valence-electron chi connectivity index (χ0n) is 14.9. The van der Waals surface area contributed by atoms with Crippen LogP contribution in [-0.2, 0) is 10.2 Å². The molecular formula is C21H28N2O. The van der Waals surface area contributed by atoms with Crippen molar-refractivity contribution in [2.75, 3.05) is 18.0 Å². The van der Waals surface area contributed by atoms with Crippen molar-refractivity contribution in [3.8, 4) is 0 Å². The molecule has 0 aromatic heterocycles. The lowest BCUT2D eigenvalue weighted by Crippen LogP contribution is -2.65. The van der Waals surface area contributed by atoms with Gasteiger partial charge in [-0.2, -0.15) is 0 Å². The standard InChI is InChI=1S/C21H28N2O/c1-3-20-10-6-13-22-14-12-21(19(20)22)16-7-4-5-8-17(16)23(15(2)24)18(21)9-11-20/h4-5,7-8,18-19H,3,6,9-14H2,1-2H3/t18-,19+,20-,21-/m1/s1. The van der Waals surface area contributed by atoms with Gasteiger partial charge in [0.15, 0.2) is 0 Å². The Hall–Kier alpha value is -1.35. The molecule has 1 saturated carbocycles. The Labute approximate surface area is 145 Å². The normalized spacial score (nSPS) is 40.2. The number of hydrogen-bond donors (Lipinski definition) is 0. The highest BCUT2D eigenvalue weighted by Crippen LogP contribution is 2.65. The molecule has 5 rings (SSSR count). The quantitative estimate of drug-likeness (QED) is 0.786. The van der Waals surface area contributed by atoms with Crippen LogP contribution in [0.1, 0.15) is 57.9 Å². The SMILES string of the molecule is CC[C@@]12CCCN3CC[C@]4(c5ccccc5N(C(C)=O)[C@@H]4CC1)[C@@H]32. The zero-order valence-corrected chi connectivity index (χ0v) is 14.9. The number of benzene rings is 1. The predicted octanol–water partition coefficient (Wildman–Crippen LogP) is 3.72. The van der Waals surface area contributed by atoms with E-state index < -0.39 is 0 Å². The van der Waals surface area contributed by atoms with Crippen LogP contribution in [0.25, 0.3) is 0 Å². The molecule has 3 fully saturated rings. The van der Waals surface area contributed by atoms with E-state index in [0.717, 1.165) is 0 Å². The first-order valence-electron chi connectivity index (χ1n) is 9.77. The Morgan fingerprint density at radius 1 is 1.21 bits per heavy atom. The minimum Gasteiger partial charge on any atom is -0.308 e. The van der Waals surface area contributed by atoms with E-state index in [2.05, 4.69) is 41.0 Å². The van der Waals surface area contributed by atoms with Gasteiger partial charge in [0.1, 0.15) is 0 Å². The van der Waals surface area contributed by atoms with Gasteiger partial charge in [-0.25, -0.2) is 0 Å². The number of anilines is 1. The summed E-state index contributed by atoms with van der Waals surface area (Å²) in [6.45, 7) is 6.62. The zero-order chi connectivity index (χ0) is 16.5. The third kappa shape index (κ3) is 1.55. The molecule has 3 heteroatoms. The summed E-state index contributed by atoms with van der Waals surface area (Å²) in [7, 11) is 0. The van der Waals surface area contributed by atoms with Gasteiger partial charge in [-0.3, -0.25) is 9.69 Å². The fourth-order valence-electron chi connectivity index (χ4n) is 7.16. The molecule has 1 aromatic carbocycles. The van der Waals surface area contributed by atoms with Gasteiger partial charge >= 0.3 is 0 Å². The molecule has 0 N–H and O–H groups in total. The lowest BCUT2D eigenvalue weighted by molar-refractivity contribution is -0.118. The number of carbonyl (C=O) groups is 1. The summed E-state index contributed by atoms with van der Waals surface area (Å²) in [5.74, 6) is 0.225. The van der Waals surface area contributed by atoms with Crippen molar-refractivity contribution >= 4 is 11.6 Å². The monoisotopic (exact) mass is 324 g/mol. The van der Waals surface area contributed by atoms with Gasteiger partial charge in [0.2, 0.25) is 5.91 Å². The second-order valence-electron chi connectivity index (χ2n) is 8.51. The smallest absolute Gasteiger partial charge is 0.224 e. The van der Waals surface area contributed by atoms with Crippen molar-refractivity contribution < 1.29 is 4.79 Å². The van der Waals surface area contributed by atoms with Crippen molar-refractivity contribution in [3.05, 3.63) is 29.8 Å². The van der Waals surface area contributed by atoms with Gasteiger partial charge in [-0.1, -0.05) is 25.1 Å². The molecule has 0 unspecified atom stereocenters. The molecule has 2 saturated heterocycles. The van der Waals surface area contributed by atoms with E-state index in [-0.39, 0.29) is 11.3 Å². The second kappa shape index (κ2) is 4.85. The van der Waals surface area contributed by atoms with Crippen molar-refractivity contribution in [2.45, 2.75) is 69.9 Å². The fourth-order valence-corrected chi connectivity index (χ4v) is 7.16. The average molecular weight is 324 g/mol. The lowest BCUT2D eigenvalue weighted by atomic mass is 9.52. The van der Waals surface area contributed by atoms with Gasteiger partial charge in [0, 0.05) is 30.1 Å². The maximum Gasteiger partial charge on any atom is 0.224 e. The molecule has 1 amide bonds. The summed E-state index contributed by atoms with van der Waals surface area (Å²) in [5.41, 5.74) is 3.31. The van der Waals surface area contributed by atoms with Crippen LogP contribution in [0.5, 0.6) is 0 Å². The highest BCUT2D eigenvalue weighted by Gasteiger charge is 2.68. The van der Waals surface area contributed by atoms with Gasteiger partial charge in [-0.05, 0) is 68.7 Å². The van der Waals surface area contributed by atoms with E-state index in [1.54, 1.807) is 6.92 Å². The van der Waals surface area contributed by atoms with E-state index in [4.69, 9.17) is 0 Å². The fraction of sp³-hybridized carbons (Fsp3) is 0.667. The Kier molecular flexibility index (Phi) is 3.02. The molecular weight excluding hydrogens is 296 g/mol. The topological polar surface area (TPSA) is 23.6 Å². The molecule has 0 bridgehead atoms. The minimum atomic E-state index is 0.178. The van der Waals surface area contributed by atoms with Gasteiger partial charge < -0.3 is 4.90 Å². The molecule has 0 radical (unpaired) electrons. The van der Waals surface area contributed by atoms with E-state index in [0.29, 0.717) is 17.5 Å². The number of para-hydroxylation sites is 1. The highest BCUT2D eigenvalue weighted by molar-refractivity contribution is 5.96. The average Bonchev–Trinajstić information content (AvgIpc) is 3.13. The molecule has 4 aliphatic rings. The largest absolute Gasteiger partial charge is 0.308 e. The molecule has 24 heavy (non-hydrogen) atoms. The van der Waals surface area contributed by atoms with Crippen LogP contribution in [-0.4, -0.2) is 36.0 Å². The Morgan fingerprint density at radius 2 is 2.04 bits per heavy atom. The van der Waals surface area contributed by atoms with Gasteiger partial charge in [0.05, 0.1) is 0 Å². The van der Waals surface area contributed by atoms with Crippen molar-refractivity contribution in [1.82, 2.24) is 4.90 Å². The maximum atomic E-state index is 12.6. The van der Waals surface area contributed by atoms with Crippen LogP contribution in [0.15, 0.2) is 24.3 Å². The highest BCUT2D eigenvalue weighted by atomic mass is 16.2. The van der Waals surface area contributed by atoms with Crippen molar-refractivity contribution in [1.29, 1.82) is 0 Å². The predicted molar refractivity (Wildman–Crippen MR) is 96.2 cm³/mol. The van der Waals surface area contributed by atoms with Gasteiger partial charge in [-0.15, -0.1) is 0 Å². The summed E-state index contributed by atoms with van der Waals surface area (Å²) >= 11 is 0. The van der Waals surface area contributed by atoms with E-state index in [1.807, 2.05) is 0 Å². The summed E-state index contributed by atoms with van der Waals surface area (Å²) in [5, 5.41) is 0. The maximum absolute atomic E-state index is 12.6. The molecule has 1 aliphatic carbocycles. The van der Waals surface area contributed by atoms with E-state index in [9.17, 15) is 4.79 Å². The number of piperidine rings is 1. The molecule has 128 valence electrons. The van der Waals surface area contributed by atoms with Crippen LogP contribution >= 0.6 is 0 Å². The Morgan fingerprint density at radius 3 is 2.83 bits per heavy atom. The summed E-state index contributed by atoms with van der Waals surface area (Å²) in [6, 6.07) is 9.80. The number of carbonyl (C=O) groups excluding carboxylic acids is 1. The first-order valence-corrected chi connectivity index (χ1v) is 9.77. The van der Waals surface area contributed by atoms with Crippen LogP contribution in [0, 0.1) is 5.41 Å². The van der Waals surface area contributed by atoms with Crippen molar-refractivity contribution in [2.24, 2.45) is 5.41 Å². The van der Waals surface area contributed by atoms with Crippen LogP contribution < -0.4 is 4.90 Å². The molecule has 3 aliphatic heterocycles. The summed E-state index contributed by atoms with van der Waals surface area (Å²) in [6.07, 6.45) is 7.70. The number of fused-ring (bicyclic) bond motifs is 1. The number of hydrogen-bond acceptors (Lipinski definition) is 2. The molecule has 1 aromatic rings. The van der Waals surface area contributed by atoms with Gasteiger partial charge in [0.25, 0.3) is 0 Å². The Balaban J connectivity index is 1.75. The summed E-state index contributed by atoms with van der Waals surface area (Å²) in [4.78, 5) is 17.5. The third-order valence-corrected chi connectivity index (χ3v) is 7.90.